The maximum atomic E-state index is 8.68. The van der Waals surface area contributed by atoms with Crippen molar-refractivity contribution >= 4 is 5.84 Å². The van der Waals surface area contributed by atoms with E-state index in [1.54, 1.807) is 0 Å². The lowest BCUT2D eigenvalue weighted by atomic mass is 9.88. The molecule has 100 valence electrons. The minimum Gasteiger partial charge on any atom is -0.494 e. The van der Waals surface area contributed by atoms with E-state index in [1.165, 1.54) is 11.1 Å². The molecule has 0 aliphatic rings. The topological polar surface area (TPSA) is 67.8 Å². The number of nitrogens with zero attached hydrogens (tertiary/aromatic N) is 1. The van der Waals surface area contributed by atoms with Crippen LogP contribution in [0.2, 0.25) is 0 Å². The predicted octanol–water partition coefficient (Wildman–Crippen LogP) is 2.84. The van der Waals surface area contributed by atoms with E-state index in [0.29, 0.717) is 13.0 Å². The Morgan fingerprint density at radius 2 is 1.83 bits per heavy atom. The van der Waals surface area contributed by atoms with E-state index in [0.717, 1.165) is 5.75 Å². The fourth-order valence-corrected chi connectivity index (χ4v) is 1.70. The molecule has 4 nitrogen and oxygen atoms in total. The van der Waals surface area contributed by atoms with Crippen LogP contribution in [-0.4, -0.2) is 17.6 Å². The first-order valence-corrected chi connectivity index (χ1v) is 6.04. The molecule has 0 bridgehead atoms. The van der Waals surface area contributed by atoms with E-state index in [1.807, 2.05) is 39.8 Å². The standard InChI is InChI=1S/C14H22N2O2/c1-10-7-11(2)9-12(8-10)18-6-5-14(3,4)13(15)16-17/h7-9,17H,5-6H2,1-4H3,(H2,15,16). The second-order valence-electron chi connectivity index (χ2n) is 5.29. The smallest absolute Gasteiger partial charge is 0.144 e. The number of benzene rings is 1. The minimum absolute atomic E-state index is 0.228. The number of nitrogens with two attached hydrogens (primary N) is 1. The summed E-state index contributed by atoms with van der Waals surface area (Å²) in [6.45, 7) is 8.46. The zero-order valence-electron chi connectivity index (χ0n) is 11.5. The molecule has 18 heavy (non-hydrogen) atoms. The molecule has 0 aromatic heterocycles. The molecule has 0 fully saturated rings. The Morgan fingerprint density at radius 3 is 2.33 bits per heavy atom. The molecule has 0 radical (unpaired) electrons. The summed E-state index contributed by atoms with van der Waals surface area (Å²) in [6, 6.07) is 6.11. The molecule has 0 saturated heterocycles. The third kappa shape index (κ3) is 3.95. The SMILES string of the molecule is Cc1cc(C)cc(OCCC(C)(C)C(N)=NO)c1. The van der Waals surface area contributed by atoms with Crippen LogP contribution in [0.5, 0.6) is 5.75 Å². The molecule has 1 aromatic carbocycles. The van der Waals surface area contributed by atoms with Gasteiger partial charge in [0.15, 0.2) is 0 Å². The highest BCUT2D eigenvalue weighted by Crippen LogP contribution is 2.22. The zero-order chi connectivity index (χ0) is 13.8. The molecular formula is C14H22N2O2. The predicted molar refractivity (Wildman–Crippen MR) is 73.2 cm³/mol. The number of ether oxygens (including phenoxy) is 1. The maximum absolute atomic E-state index is 8.68. The van der Waals surface area contributed by atoms with Gasteiger partial charge in [-0.25, -0.2) is 0 Å². The van der Waals surface area contributed by atoms with Crippen LogP contribution in [0.1, 0.15) is 31.4 Å². The molecule has 0 saturated carbocycles. The van der Waals surface area contributed by atoms with Crippen molar-refractivity contribution in [2.45, 2.75) is 34.1 Å². The number of aryl methyl sites for hydroxylation is 2. The average molecular weight is 250 g/mol. The zero-order valence-corrected chi connectivity index (χ0v) is 11.5. The van der Waals surface area contributed by atoms with Gasteiger partial charge < -0.3 is 15.7 Å². The van der Waals surface area contributed by atoms with E-state index in [4.69, 9.17) is 15.7 Å². The maximum Gasteiger partial charge on any atom is 0.144 e. The summed E-state index contributed by atoms with van der Waals surface area (Å²) in [5, 5.41) is 11.7. The van der Waals surface area contributed by atoms with Crippen molar-refractivity contribution in [2.24, 2.45) is 16.3 Å². The summed E-state index contributed by atoms with van der Waals surface area (Å²) in [5.74, 6) is 1.09. The highest BCUT2D eigenvalue weighted by Gasteiger charge is 2.23. The van der Waals surface area contributed by atoms with Gasteiger partial charge in [0.05, 0.1) is 6.61 Å². The Kier molecular flexibility index (Phi) is 4.59. The van der Waals surface area contributed by atoms with Gasteiger partial charge in [-0.3, -0.25) is 0 Å². The van der Waals surface area contributed by atoms with Gasteiger partial charge in [-0.15, -0.1) is 0 Å². The number of hydrogen-bond donors (Lipinski definition) is 2. The van der Waals surface area contributed by atoms with E-state index in [9.17, 15) is 0 Å². The summed E-state index contributed by atoms with van der Waals surface area (Å²) < 4.78 is 5.71. The van der Waals surface area contributed by atoms with Gasteiger partial charge in [-0.2, -0.15) is 0 Å². The Balaban J connectivity index is 2.56. The van der Waals surface area contributed by atoms with Crippen molar-refractivity contribution in [3.05, 3.63) is 29.3 Å². The van der Waals surface area contributed by atoms with Crippen molar-refractivity contribution in [2.75, 3.05) is 6.61 Å². The van der Waals surface area contributed by atoms with Crippen molar-refractivity contribution in [1.82, 2.24) is 0 Å². The number of amidine groups is 1. The Labute approximate surface area is 108 Å². The van der Waals surface area contributed by atoms with E-state index in [-0.39, 0.29) is 11.3 Å². The quantitative estimate of drug-likeness (QED) is 0.365. The van der Waals surface area contributed by atoms with Crippen molar-refractivity contribution in [1.29, 1.82) is 0 Å². The van der Waals surface area contributed by atoms with Gasteiger partial charge in [0.2, 0.25) is 0 Å². The summed E-state index contributed by atoms with van der Waals surface area (Å²) in [5.41, 5.74) is 7.62. The first kappa shape index (κ1) is 14.4. The number of oxime groups is 1. The minimum atomic E-state index is -0.367. The second-order valence-corrected chi connectivity index (χ2v) is 5.29. The molecule has 0 aliphatic heterocycles. The molecule has 4 heteroatoms. The van der Waals surface area contributed by atoms with Crippen LogP contribution >= 0.6 is 0 Å². The Bertz CT molecular complexity index is 419. The lowest BCUT2D eigenvalue weighted by Crippen LogP contribution is -2.33. The van der Waals surface area contributed by atoms with E-state index < -0.39 is 0 Å². The molecule has 3 N–H and O–H groups in total. The molecule has 0 spiro atoms. The van der Waals surface area contributed by atoms with E-state index in [2.05, 4.69) is 11.2 Å². The highest BCUT2D eigenvalue weighted by molar-refractivity contribution is 5.85. The van der Waals surface area contributed by atoms with E-state index >= 15 is 0 Å². The van der Waals surface area contributed by atoms with Gasteiger partial charge in [0.25, 0.3) is 0 Å². The van der Waals surface area contributed by atoms with Crippen LogP contribution in [0.3, 0.4) is 0 Å². The van der Waals surface area contributed by atoms with Crippen molar-refractivity contribution in [3.8, 4) is 5.75 Å². The van der Waals surface area contributed by atoms with Crippen molar-refractivity contribution < 1.29 is 9.94 Å². The second kappa shape index (κ2) is 5.76. The third-order valence-electron chi connectivity index (χ3n) is 2.99. The van der Waals surface area contributed by atoms with Gasteiger partial charge in [-0.05, 0) is 43.5 Å². The normalized spacial score (nSPS) is 12.6. The molecule has 0 atom stereocenters. The van der Waals surface area contributed by atoms with Crippen LogP contribution in [0.4, 0.5) is 0 Å². The Morgan fingerprint density at radius 1 is 1.28 bits per heavy atom. The molecule has 1 rings (SSSR count). The van der Waals surface area contributed by atoms with Crippen LogP contribution in [-0.2, 0) is 0 Å². The van der Waals surface area contributed by atoms with Gasteiger partial charge >= 0.3 is 0 Å². The van der Waals surface area contributed by atoms with Crippen molar-refractivity contribution in [3.63, 3.8) is 0 Å². The first-order valence-electron chi connectivity index (χ1n) is 6.04. The van der Waals surface area contributed by atoms with Crippen LogP contribution in [0.15, 0.2) is 23.4 Å². The average Bonchev–Trinajstić information content (AvgIpc) is 2.26. The molecule has 1 aromatic rings. The third-order valence-corrected chi connectivity index (χ3v) is 2.99. The summed E-state index contributed by atoms with van der Waals surface area (Å²) in [7, 11) is 0. The van der Waals surface area contributed by atoms with Crippen LogP contribution < -0.4 is 10.5 Å². The van der Waals surface area contributed by atoms with Gasteiger partial charge in [0.1, 0.15) is 11.6 Å². The van der Waals surface area contributed by atoms with Crippen LogP contribution in [0, 0.1) is 19.3 Å². The largest absolute Gasteiger partial charge is 0.494 e. The highest BCUT2D eigenvalue weighted by atomic mass is 16.5. The summed E-state index contributed by atoms with van der Waals surface area (Å²) >= 11 is 0. The first-order chi connectivity index (χ1) is 8.35. The molecular weight excluding hydrogens is 228 g/mol. The monoisotopic (exact) mass is 250 g/mol. The molecule has 0 unspecified atom stereocenters. The lowest BCUT2D eigenvalue weighted by Gasteiger charge is -2.22. The summed E-state index contributed by atoms with van der Waals surface area (Å²) in [6.07, 6.45) is 0.690. The fourth-order valence-electron chi connectivity index (χ4n) is 1.70. The van der Waals surface area contributed by atoms with Crippen LogP contribution in [0.25, 0.3) is 0 Å². The molecule has 0 amide bonds. The lowest BCUT2D eigenvalue weighted by molar-refractivity contribution is 0.259. The molecule has 0 aliphatic carbocycles. The van der Waals surface area contributed by atoms with Gasteiger partial charge in [-0.1, -0.05) is 25.1 Å². The Hall–Kier alpha value is -1.71. The molecule has 0 heterocycles. The summed E-state index contributed by atoms with van der Waals surface area (Å²) in [4.78, 5) is 0. The number of rotatable bonds is 5. The number of hydrogen-bond acceptors (Lipinski definition) is 3. The fraction of sp³-hybridized carbons (Fsp3) is 0.500. The van der Waals surface area contributed by atoms with Gasteiger partial charge in [0, 0.05) is 5.41 Å².